The Morgan fingerprint density at radius 1 is 1.50 bits per heavy atom. The van der Waals surface area contributed by atoms with E-state index in [1.54, 1.807) is 22.6 Å². The van der Waals surface area contributed by atoms with E-state index in [0.29, 0.717) is 13.0 Å². The third kappa shape index (κ3) is 5.64. The molecule has 0 radical (unpaired) electrons. The van der Waals surface area contributed by atoms with Crippen molar-refractivity contribution in [2.24, 2.45) is 0 Å². The Balaban J connectivity index is 2.49. The zero-order valence-corrected chi connectivity index (χ0v) is 13.0. The van der Waals surface area contributed by atoms with E-state index in [0.717, 1.165) is 17.9 Å². The highest BCUT2D eigenvalue weighted by Gasteiger charge is 2.18. The van der Waals surface area contributed by atoms with Crippen LogP contribution in [0, 0.1) is 0 Å². The van der Waals surface area contributed by atoms with E-state index < -0.39 is 6.04 Å². The number of aryl methyl sites for hydroxylation is 1. The van der Waals surface area contributed by atoms with E-state index in [9.17, 15) is 9.59 Å². The molecule has 7 heteroatoms. The number of aromatic nitrogens is 2. The van der Waals surface area contributed by atoms with Crippen LogP contribution in [0.25, 0.3) is 0 Å². The lowest BCUT2D eigenvalue weighted by molar-refractivity contribution is -0.128. The van der Waals surface area contributed by atoms with Crippen LogP contribution < -0.4 is 10.6 Å². The molecule has 1 rings (SSSR count). The van der Waals surface area contributed by atoms with Crippen LogP contribution in [0.2, 0.25) is 0 Å². The van der Waals surface area contributed by atoms with Crippen LogP contribution in [0.5, 0.6) is 0 Å². The van der Waals surface area contributed by atoms with E-state index in [-0.39, 0.29) is 11.8 Å². The number of hydrogen-bond donors (Lipinski definition) is 2. The summed E-state index contributed by atoms with van der Waals surface area (Å²) in [6.45, 7) is 4.65. The van der Waals surface area contributed by atoms with Crippen LogP contribution in [0.4, 0.5) is 0 Å². The van der Waals surface area contributed by atoms with Crippen LogP contribution in [-0.4, -0.2) is 39.6 Å². The Kier molecular flexibility index (Phi) is 7.14. The molecule has 0 unspecified atom stereocenters. The summed E-state index contributed by atoms with van der Waals surface area (Å²) in [5.74, 6) is 0.482. The molecule has 1 heterocycles. The largest absolute Gasteiger partial charge is 0.350 e. The molecule has 2 N–H and O–H groups in total. The molecule has 0 spiro atoms. The maximum Gasteiger partial charge on any atom is 0.242 e. The van der Waals surface area contributed by atoms with Crippen LogP contribution in [-0.2, 0) is 22.7 Å². The second kappa shape index (κ2) is 8.63. The van der Waals surface area contributed by atoms with Crippen LogP contribution >= 0.6 is 11.8 Å². The molecule has 1 atom stereocenters. The van der Waals surface area contributed by atoms with E-state index in [4.69, 9.17) is 0 Å². The predicted molar refractivity (Wildman–Crippen MR) is 80.4 cm³/mol. The summed E-state index contributed by atoms with van der Waals surface area (Å²) < 4.78 is 1.81. The second-order valence-electron chi connectivity index (χ2n) is 4.46. The molecule has 0 aliphatic rings. The van der Waals surface area contributed by atoms with Crippen molar-refractivity contribution in [1.82, 2.24) is 20.4 Å². The number of carbonyl (C=O) groups is 2. The molecule has 0 bridgehead atoms. The summed E-state index contributed by atoms with van der Waals surface area (Å²) in [6.07, 6.45) is 6.23. The summed E-state index contributed by atoms with van der Waals surface area (Å²) >= 11 is 1.65. The fourth-order valence-corrected chi connectivity index (χ4v) is 2.20. The molecule has 0 saturated heterocycles. The third-order valence-electron chi connectivity index (χ3n) is 2.78. The molecule has 1 aromatic rings. The molecule has 0 aromatic carbocycles. The van der Waals surface area contributed by atoms with Gasteiger partial charge >= 0.3 is 0 Å². The Labute approximate surface area is 123 Å². The fraction of sp³-hybridized carbons (Fsp3) is 0.615. The van der Waals surface area contributed by atoms with Gasteiger partial charge in [0.15, 0.2) is 0 Å². The molecule has 0 fully saturated rings. The van der Waals surface area contributed by atoms with Crippen molar-refractivity contribution < 1.29 is 9.59 Å². The highest BCUT2D eigenvalue weighted by atomic mass is 32.2. The van der Waals surface area contributed by atoms with Gasteiger partial charge in [0.25, 0.3) is 0 Å². The van der Waals surface area contributed by atoms with E-state index in [1.807, 2.05) is 19.4 Å². The van der Waals surface area contributed by atoms with Crippen LogP contribution in [0.3, 0.4) is 0 Å². The van der Waals surface area contributed by atoms with Gasteiger partial charge in [-0.15, -0.1) is 0 Å². The van der Waals surface area contributed by atoms with Gasteiger partial charge in [-0.3, -0.25) is 14.3 Å². The van der Waals surface area contributed by atoms with Crippen molar-refractivity contribution in [2.45, 2.75) is 39.4 Å². The zero-order valence-electron chi connectivity index (χ0n) is 12.2. The van der Waals surface area contributed by atoms with Crippen molar-refractivity contribution in [3.05, 3.63) is 18.0 Å². The number of carbonyl (C=O) groups excluding carboxylic acids is 2. The summed E-state index contributed by atoms with van der Waals surface area (Å²) in [5, 5.41) is 9.66. The lowest BCUT2D eigenvalue weighted by Gasteiger charge is -2.16. The standard InChI is InChI=1S/C13H22N4O2S/c1-4-17-9-11(8-15-17)7-14-13(19)12(5-6-20-3)16-10(2)18/h8-9,12H,4-7H2,1-3H3,(H,14,19)(H,16,18)/t12-/m0/s1. The SMILES string of the molecule is CCn1cc(CNC(=O)[C@H](CCSC)NC(C)=O)cn1. The summed E-state index contributed by atoms with van der Waals surface area (Å²) in [4.78, 5) is 23.2. The van der Waals surface area contributed by atoms with Crippen molar-refractivity contribution in [3.63, 3.8) is 0 Å². The van der Waals surface area contributed by atoms with Crippen molar-refractivity contribution in [3.8, 4) is 0 Å². The van der Waals surface area contributed by atoms with Gasteiger partial charge in [-0.25, -0.2) is 0 Å². The van der Waals surface area contributed by atoms with Gasteiger partial charge in [0.2, 0.25) is 11.8 Å². The number of rotatable bonds is 8. The van der Waals surface area contributed by atoms with Crippen molar-refractivity contribution in [2.75, 3.05) is 12.0 Å². The highest BCUT2D eigenvalue weighted by Crippen LogP contribution is 2.02. The Morgan fingerprint density at radius 3 is 2.80 bits per heavy atom. The van der Waals surface area contributed by atoms with Crippen LogP contribution in [0.1, 0.15) is 25.8 Å². The van der Waals surface area contributed by atoms with Gasteiger partial charge in [0.05, 0.1) is 6.20 Å². The maximum atomic E-state index is 12.1. The Morgan fingerprint density at radius 2 is 2.25 bits per heavy atom. The van der Waals surface area contributed by atoms with E-state index >= 15 is 0 Å². The molecule has 1 aromatic heterocycles. The number of thioether (sulfide) groups is 1. The Hall–Kier alpha value is -1.50. The highest BCUT2D eigenvalue weighted by molar-refractivity contribution is 7.98. The first-order valence-corrected chi connectivity index (χ1v) is 8.01. The molecular formula is C13H22N4O2S. The van der Waals surface area contributed by atoms with Gasteiger partial charge in [-0.1, -0.05) is 0 Å². The average Bonchev–Trinajstić information content (AvgIpc) is 2.88. The first kappa shape index (κ1) is 16.6. The van der Waals surface area contributed by atoms with E-state index in [2.05, 4.69) is 15.7 Å². The van der Waals surface area contributed by atoms with Gasteiger partial charge < -0.3 is 10.6 Å². The monoisotopic (exact) mass is 298 g/mol. The van der Waals surface area contributed by atoms with Crippen molar-refractivity contribution >= 4 is 23.6 Å². The number of nitrogens with zero attached hydrogens (tertiary/aromatic N) is 2. The summed E-state index contributed by atoms with van der Waals surface area (Å²) in [5.41, 5.74) is 0.951. The van der Waals surface area contributed by atoms with Gasteiger partial charge in [0.1, 0.15) is 6.04 Å². The fourth-order valence-electron chi connectivity index (χ4n) is 1.73. The molecular weight excluding hydrogens is 276 g/mol. The third-order valence-corrected chi connectivity index (χ3v) is 3.43. The smallest absolute Gasteiger partial charge is 0.242 e. The second-order valence-corrected chi connectivity index (χ2v) is 5.44. The molecule has 2 amide bonds. The predicted octanol–water partition coefficient (Wildman–Crippen LogP) is 0.777. The van der Waals surface area contributed by atoms with E-state index in [1.165, 1.54) is 6.92 Å². The number of nitrogens with one attached hydrogen (secondary N) is 2. The molecule has 6 nitrogen and oxygen atoms in total. The minimum Gasteiger partial charge on any atom is -0.350 e. The number of amides is 2. The Bertz CT molecular complexity index is 447. The van der Waals surface area contributed by atoms with Gasteiger partial charge in [0, 0.05) is 31.8 Å². The normalized spacial score (nSPS) is 11.9. The van der Waals surface area contributed by atoms with Gasteiger partial charge in [-0.05, 0) is 25.4 Å². The van der Waals surface area contributed by atoms with Gasteiger partial charge in [-0.2, -0.15) is 16.9 Å². The number of hydrogen-bond acceptors (Lipinski definition) is 4. The first-order chi connectivity index (χ1) is 9.56. The summed E-state index contributed by atoms with van der Waals surface area (Å²) in [6, 6.07) is -0.471. The molecule has 112 valence electrons. The molecule has 0 saturated carbocycles. The average molecular weight is 298 g/mol. The quantitative estimate of drug-likeness (QED) is 0.743. The lowest BCUT2D eigenvalue weighted by atomic mass is 10.2. The molecule has 0 aliphatic heterocycles. The lowest BCUT2D eigenvalue weighted by Crippen LogP contribution is -2.46. The first-order valence-electron chi connectivity index (χ1n) is 6.61. The minimum atomic E-state index is -0.471. The molecule has 0 aliphatic carbocycles. The van der Waals surface area contributed by atoms with Crippen LogP contribution in [0.15, 0.2) is 12.4 Å². The zero-order chi connectivity index (χ0) is 15.0. The maximum absolute atomic E-state index is 12.1. The molecule has 20 heavy (non-hydrogen) atoms. The minimum absolute atomic E-state index is 0.154. The van der Waals surface area contributed by atoms with Crippen molar-refractivity contribution in [1.29, 1.82) is 0 Å². The topological polar surface area (TPSA) is 76.0 Å². The summed E-state index contributed by atoms with van der Waals surface area (Å²) in [7, 11) is 0.